The van der Waals surface area contributed by atoms with E-state index in [0.29, 0.717) is 0 Å². The average Bonchev–Trinajstić information content (AvgIpc) is 2.58. The average molecular weight is 400 g/mol. The minimum Gasteiger partial charge on any atom is -0.392 e. The first-order valence-corrected chi connectivity index (χ1v) is 9.12. The van der Waals surface area contributed by atoms with Crippen LogP contribution in [0.4, 0.5) is 10.2 Å². The summed E-state index contributed by atoms with van der Waals surface area (Å²) in [6.45, 7) is 0. The highest BCUT2D eigenvalue weighted by atomic mass is 35.5. The second-order valence-electron chi connectivity index (χ2n) is 5.00. The van der Waals surface area contributed by atoms with Crippen LogP contribution in [0.5, 0.6) is 0 Å². The van der Waals surface area contributed by atoms with Crippen molar-refractivity contribution in [3.05, 3.63) is 34.4 Å². The molecule has 0 spiro atoms. The summed E-state index contributed by atoms with van der Waals surface area (Å²) in [4.78, 5) is 15.1. The van der Waals surface area contributed by atoms with Gasteiger partial charge in [0.2, 0.25) is 5.57 Å². The first-order valence-electron chi connectivity index (χ1n) is 7.04. The van der Waals surface area contributed by atoms with Gasteiger partial charge in [0.1, 0.15) is 12.0 Å². The molecule has 9 nitrogen and oxygen atoms in total. The Bertz CT molecular complexity index is 707. The number of nitrogens with zero attached hydrogens (tertiary/aromatic N) is 2. The van der Waals surface area contributed by atoms with E-state index in [2.05, 4.69) is 14.0 Å². The van der Waals surface area contributed by atoms with Gasteiger partial charge in [-0.2, -0.15) is 9.37 Å². The zero-order chi connectivity index (χ0) is 19.2. The molecule has 0 unspecified atom stereocenters. The fourth-order valence-corrected chi connectivity index (χ4v) is 3.10. The van der Waals surface area contributed by atoms with Gasteiger partial charge in [-0.1, -0.05) is 0 Å². The summed E-state index contributed by atoms with van der Waals surface area (Å²) in [6, 6.07) is 1.29. The van der Waals surface area contributed by atoms with Crippen LogP contribution < -0.4 is 11.4 Å². The molecule has 1 aromatic rings. The SMILES string of the molecule is COP(=O)(OC)/C(F)=C/[C@H](CCl)[C@@H](O)C[C@@H](O)n1ccc(N)nc1=O. The van der Waals surface area contributed by atoms with E-state index < -0.39 is 37.1 Å². The molecule has 0 aromatic carbocycles. The standard InChI is InChI=1S/C13H20ClFN3O6P/c1-23-25(22,24-2)10(15)5-8(7-14)9(19)6-12(20)18-4-3-11(16)17-13(18)21/h3-5,8-9,12,19-20H,6-7H2,1-2H3,(H2,16,17,21)/b10-5+/t8-,9+,12-/m1/s1. The highest BCUT2D eigenvalue weighted by molar-refractivity contribution is 7.58. The maximum atomic E-state index is 14.1. The summed E-state index contributed by atoms with van der Waals surface area (Å²) in [5, 5.41) is 20.2. The highest BCUT2D eigenvalue weighted by Gasteiger charge is 2.31. The number of anilines is 1. The molecule has 4 N–H and O–H groups in total. The van der Waals surface area contributed by atoms with Gasteiger partial charge in [0.15, 0.2) is 0 Å². The van der Waals surface area contributed by atoms with Crippen molar-refractivity contribution in [1.29, 1.82) is 0 Å². The Morgan fingerprint density at radius 2 is 2.12 bits per heavy atom. The zero-order valence-electron chi connectivity index (χ0n) is 13.6. The Labute approximate surface area is 148 Å². The van der Waals surface area contributed by atoms with Gasteiger partial charge in [-0.15, -0.1) is 11.6 Å². The highest BCUT2D eigenvalue weighted by Crippen LogP contribution is 2.55. The minimum atomic E-state index is -4.10. The van der Waals surface area contributed by atoms with Crippen LogP contribution in [-0.2, 0) is 13.6 Å². The van der Waals surface area contributed by atoms with Gasteiger partial charge in [0.05, 0.1) is 6.10 Å². The van der Waals surface area contributed by atoms with E-state index in [1.165, 1.54) is 12.3 Å². The van der Waals surface area contributed by atoms with E-state index in [-0.39, 0.29) is 18.1 Å². The molecule has 0 bridgehead atoms. The summed E-state index contributed by atoms with van der Waals surface area (Å²) < 4.78 is 35.8. The van der Waals surface area contributed by atoms with E-state index in [1.807, 2.05) is 0 Å². The van der Waals surface area contributed by atoms with Crippen LogP contribution in [0.1, 0.15) is 12.6 Å². The van der Waals surface area contributed by atoms with E-state index in [1.54, 1.807) is 0 Å². The number of halogens is 2. The van der Waals surface area contributed by atoms with Gasteiger partial charge < -0.3 is 25.0 Å². The third-order valence-corrected chi connectivity index (χ3v) is 5.38. The molecule has 0 aliphatic heterocycles. The first-order chi connectivity index (χ1) is 11.7. The molecule has 142 valence electrons. The fraction of sp³-hybridized carbons (Fsp3) is 0.538. The van der Waals surface area contributed by atoms with Crippen LogP contribution in [0.15, 0.2) is 28.7 Å². The van der Waals surface area contributed by atoms with Crippen molar-refractivity contribution in [2.75, 3.05) is 25.8 Å². The number of aliphatic hydroxyl groups excluding tert-OH is 2. The zero-order valence-corrected chi connectivity index (χ0v) is 15.2. The molecule has 25 heavy (non-hydrogen) atoms. The van der Waals surface area contributed by atoms with E-state index in [9.17, 15) is 24.0 Å². The number of alkyl halides is 1. The maximum Gasteiger partial charge on any atom is 0.388 e. The fourth-order valence-electron chi connectivity index (χ4n) is 1.93. The van der Waals surface area contributed by atoms with Gasteiger partial charge in [-0.25, -0.2) is 4.79 Å². The first kappa shape index (κ1) is 21.8. The molecular weight excluding hydrogens is 380 g/mol. The van der Waals surface area contributed by atoms with Crippen molar-refractivity contribution >= 4 is 25.0 Å². The van der Waals surface area contributed by atoms with Crippen LogP contribution in [0.3, 0.4) is 0 Å². The molecule has 0 aliphatic carbocycles. The summed E-state index contributed by atoms with van der Waals surface area (Å²) in [7, 11) is -2.09. The normalized spacial score (nSPS) is 16.5. The Kier molecular flexibility index (Phi) is 8.20. The number of hydrogen-bond acceptors (Lipinski definition) is 8. The second kappa shape index (κ2) is 9.42. The molecule has 1 aromatic heterocycles. The number of nitrogens with two attached hydrogens (primary N) is 1. The molecule has 0 fully saturated rings. The molecule has 0 amide bonds. The Morgan fingerprint density at radius 3 is 2.60 bits per heavy atom. The number of rotatable bonds is 9. The topological polar surface area (TPSA) is 137 Å². The van der Waals surface area contributed by atoms with Gasteiger partial charge in [0, 0.05) is 38.6 Å². The van der Waals surface area contributed by atoms with Crippen molar-refractivity contribution in [3.8, 4) is 0 Å². The Balaban J connectivity index is 2.94. The Hall–Kier alpha value is -1.29. The largest absolute Gasteiger partial charge is 0.392 e. The van der Waals surface area contributed by atoms with Gasteiger partial charge in [-0.3, -0.25) is 9.13 Å². The predicted octanol–water partition coefficient (Wildman–Crippen LogP) is 1.22. The molecule has 3 atom stereocenters. The molecule has 1 heterocycles. The number of hydrogen-bond donors (Lipinski definition) is 3. The molecule has 0 radical (unpaired) electrons. The smallest absolute Gasteiger partial charge is 0.388 e. The van der Waals surface area contributed by atoms with Crippen molar-refractivity contribution in [2.45, 2.75) is 18.8 Å². The van der Waals surface area contributed by atoms with E-state index in [0.717, 1.165) is 24.9 Å². The van der Waals surface area contributed by atoms with Gasteiger partial charge in [0.25, 0.3) is 0 Å². The van der Waals surface area contributed by atoms with E-state index in [4.69, 9.17) is 17.3 Å². The number of aliphatic hydroxyl groups is 2. The lowest BCUT2D eigenvalue weighted by Gasteiger charge is -2.22. The molecule has 12 heteroatoms. The van der Waals surface area contributed by atoms with Crippen LogP contribution >= 0.6 is 19.2 Å². The third-order valence-electron chi connectivity index (χ3n) is 3.39. The summed E-state index contributed by atoms with van der Waals surface area (Å²) in [5.41, 5.74) is 3.32. The predicted molar refractivity (Wildman–Crippen MR) is 89.8 cm³/mol. The summed E-state index contributed by atoms with van der Waals surface area (Å²) in [5.74, 6) is -1.29. The molecule has 1 rings (SSSR count). The van der Waals surface area contributed by atoms with Crippen molar-refractivity contribution in [3.63, 3.8) is 0 Å². The summed E-state index contributed by atoms with van der Waals surface area (Å²) in [6.07, 6.45) is -1.16. The Morgan fingerprint density at radius 1 is 1.52 bits per heavy atom. The lowest BCUT2D eigenvalue weighted by atomic mass is 10.0. The van der Waals surface area contributed by atoms with Crippen LogP contribution in [0.25, 0.3) is 0 Å². The summed E-state index contributed by atoms with van der Waals surface area (Å²) >= 11 is 5.70. The maximum absolute atomic E-state index is 14.1. The second-order valence-corrected chi connectivity index (χ2v) is 7.46. The molecule has 0 saturated heterocycles. The third kappa shape index (κ3) is 5.60. The van der Waals surface area contributed by atoms with Crippen molar-refractivity contribution < 1.29 is 28.2 Å². The lowest BCUT2D eigenvalue weighted by molar-refractivity contribution is 0.0202. The minimum absolute atomic E-state index is 0.0208. The molecule has 0 saturated carbocycles. The lowest BCUT2D eigenvalue weighted by Crippen LogP contribution is -2.31. The molecule has 0 aliphatic rings. The van der Waals surface area contributed by atoms with Crippen LogP contribution in [0, 0.1) is 5.92 Å². The van der Waals surface area contributed by atoms with Crippen LogP contribution in [0.2, 0.25) is 0 Å². The quantitative estimate of drug-likeness (QED) is 0.416. The van der Waals surface area contributed by atoms with Crippen molar-refractivity contribution in [2.24, 2.45) is 5.92 Å². The number of aromatic nitrogens is 2. The van der Waals surface area contributed by atoms with E-state index >= 15 is 0 Å². The molecular formula is C13H20ClFN3O6P. The van der Waals surface area contributed by atoms with Crippen LogP contribution in [-0.4, -0.2) is 46.0 Å². The van der Waals surface area contributed by atoms with Crippen molar-refractivity contribution in [1.82, 2.24) is 9.55 Å². The monoisotopic (exact) mass is 399 g/mol. The number of nitrogen functional groups attached to an aromatic ring is 1. The van der Waals surface area contributed by atoms with Gasteiger partial charge in [-0.05, 0) is 12.1 Å². The van der Waals surface area contributed by atoms with Gasteiger partial charge >= 0.3 is 13.3 Å².